The molecule has 0 aliphatic heterocycles. The van der Waals surface area contributed by atoms with Gasteiger partial charge in [0.1, 0.15) is 15.2 Å². The predicted octanol–water partition coefficient (Wildman–Crippen LogP) is 3.03. The predicted molar refractivity (Wildman–Crippen MR) is 85.0 cm³/mol. The summed E-state index contributed by atoms with van der Waals surface area (Å²) in [5.41, 5.74) is 6.93. The molecular formula is C12H9BrN4OS2. The average molecular weight is 369 g/mol. The number of rotatable bonds is 3. The number of carbonyl (C=O) groups excluding carboxylic acids is 1. The van der Waals surface area contributed by atoms with Gasteiger partial charge < -0.3 is 11.1 Å². The van der Waals surface area contributed by atoms with Crippen molar-refractivity contribution in [2.75, 3.05) is 5.73 Å². The first-order chi connectivity index (χ1) is 9.65. The first kappa shape index (κ1) is 13.5. The molecule has 3 rings (SSSR count). The number of fused-ring (bicyclic) bond motifs is 1. The topological polar surface area (TPSA) is 80.9 Å². The van der Waals surface area contributed by atoms with Gasteiger partial charge in [-0.05, 0) is 28.1 Å². The maximum atomic E-state index is 12.2. The highest BCUT2D eigenvalue weighted by molar-refractivity contribution is 9.11. The summed E-state index contributed by atoms with van der Waals surface area (Å²) in [5.74, 6) is -0.197. The summed E-state index contributed by atoms with van der Waals surface area (Å²) in [6, 6.07) is 3.92. The van der Waals surface area contributed by atoms with E-state index in [1.807, 2.05) is 12.1 Å². The van der Waals surface area contributed by atoms with Crippen LogP contribution in [0.15, 0.2) is 28.3 Å². The molecule has 0 fully saturated rings. The molecule has 3 N–H and O–H groups in total. The Morgan fingerprint density at radius 2 is 2.10 bits per heavy atom. The van der Waals surface area contributed by atoms with Crippen LogP contribution in [0, 0.1) is 0 Å². The van der Waals surface area contributed by atoms with E-state index >= 15 is 0 Å². The van der Waals surface area contributed by atoms with Gasteiger partial charge >= 0.3 is 0 Å². The number of amides is 1. The Morgan fingerprint density at radius 3 is 2.80 bits per heavy atom. The number of nitrogens with zero attached hydrogens (tertiary/aromatic N) is 2. The normalized spacial score (nSPS) is 10.8. The highest BCUT2D eigenvalue weighted by Crippen LogP contribution is 2.30. The van der Waals surface area contributed by atoms with E-state index in [-0.39, 0.29) is 5.91 Å². The highest BCUT2D eigenvalue weighted by atomic mass is 79.9. The van der Waals surface area contributed by atoms with Crippen LogP contribution in [0.3, 0.4) is 0 Å². The van der Waals surface area contributed by atoms with Crippen molar-refractivity contribution >= 4 is 60.5 Å². The third-order valence-corrected chi connectivity index (χ3v) is 5.35. The minimum absolute atomic E-state index is 0.197. The van der Waals surface area contributed by atoms with Crippen LogP contribution in [-0.2, 0) is 6.54 Å². The monoisotopic (exact) mass is 368 g/mol. The SMILES string of the molecule is Nc1c(C(=O)NCc2ccc(Br)s2)sc2nccnc12. The molecule has 0 aromatic carbocycles. The Kier molecular flexibility index (Phi) is 3.68. The van der Waals surface area contributed by atoms with Gasteiger partial charge in [0.25, 0.3) is 5.91 Å². The Labute approximate surface area is 131 Å². The number of nitrogens with two attached hydrogens (primary N) is 1. The third-order valence-electron chi connectivity index (χ3n) is 2.62. The summed E-state index contributed by atoms with van der Waals surface area (Å²) in [5, 5.41) is 2.86. The minimum Gasteiger partial charge on any atom is -0.396 e. The van der Waals surface area contributed by atoms with Gasteiger partial charge in [-0.3, -0.25) is 4.79 Å². The Hall–Kier alpha value is -1.51. The lowest BCUT2D eigenvalue weighted by molar-refractivity contribution is 0.0956. The number of hydrogen-bond donors (Lipinski definition) is 2. The van der Waals surface area contributed by atoms with E-state index in [0.717, 1.165) is 8.66 Å². The van der Waals surface area contributed by atoms with Crippen molar-refractivity contribution in [3.8, 4) is 0 Å². The molecule has 5 nitrogen and oxygen atoms in total. The molecule has 20 heavy (non-hydrogen) atoms. The number of anilines is 1. The molecule has 0 unspecified atom stereocenters. The summed E-state index contributed by atoms with van der Waals surface area (Å²) in [7, 11) is 0. The van der Waals surface area contributed by atoms with Crippen molar-refractivity contribution in [1.29, 1.82) is 0 Å². The summed E-state index contributed by atoms with van der Waals surface area (Å²) in [4.78, 5) is 22.7. The van der Waals surface area contributed by atoms with Crippen molar-refractivity contribution in [2.24, 2.45) is 0 Å². The van der Waals surface area contributed by atoms with Gasteiger partial charge in [-0.15, -0.1) is 22.7 Å². The quantitative estimate of drug-likeness (QED) is 0.744. The van der Waals surface area contributed by atoms with Crippen molar-refractivity contribution in [2.45, 2.75) is 6.54 Å². The highest BCUT2D eigenvalue weighted by Gasteiger charge is 2.17. The van der Waals surface area contributed by atoms with Crippen LogP contribution in [0.1, 0.15) is 14.5 Å². The molecule has 3 aromatic heterocycles. The van der Waals surface area contributed by atoms with E-state index < -0.39 is 0 Å². The first-order valence-electron chi connectivity index (χ1n) is 5.66. The number of thiophene rings is 2. The number of hydrogen-bond acceptors (Lipinski definition) is 6. The van der Waals surface area contributed by atoms with Crippen LogP contribution in [0.4, 0.5) is 5.69 Å². The second-order valence-electron chi connectivity index (χ2n) is 3.94. The van der Waals surface area contributed by atoms with Crippen LogP contribution in [0.5, 0.6) is 0 Å². The van der Waals surface area contributed by atoms with Crippen LogP contribution in [-0.4, -0.2) is 15.9 Å². The second kappa shape index (κ2) is 5.47. The Balaban J connectivity index is 1.80. The van der Waals surface area contributed by atoms with E-state index in [1.54, 1.807) is 23.7 Å². The summed E-state index contributed by atoms with van der Waals surface area (Å²) in [6.07, 6.45) is 3.15. The van der Waals surface area contributed by atoms with Gasteiger partial charge in [-0.2, -0.15) is 0 Å². The van der Waals surface area contributed by atoms with Crippen molar-refractivity contribution in [3.63, 3.8) is 0 Å². The van der Waals surface area contributed by atoms with E-state index in [4.69, 9.17) is 5.73 Å². The maximum absolute atomic E-state index is 12.2. The lowest BCUT2D eigenvalue weighted by atomic mass is 10.3. The van der Waals surface area contributed by atoms with Gasteiger partial charge in [0.2, 0.25) is 0 Å². The van der Waals surface area contributed by atoms with E-state index in [9.17, 15) is 4.79 Å². The molecule has 0 aliphatic rings. The zero-order chi connectivity index (χ0) is 14.1. The molecule has 102 valence electrons. The van der Waals surface area contributed by atoms with Gasteiger partial charge in [-0.1, -0.05) is 0 Å². The number of carbonyl (C=O) groups is 1. The third kappa shape index (κ3) is 2.54. The molecule has 0 saturated carbocycles. The van der Waals surface area contributed by atoms with Crippen LogP contribution in [0.2, 0.25) is 0 Å². The van der Waals surface area contributed by atoms with Crippen LogP contribution < -0.4 is 11.1 Å². The average Bonchev–Trinajstić information content (AvgIpc) is 3.01. The fourth-order valence-corrected chi connectivity index (χ4v) is 4.07. The smallest absolute Gasteiger partial charge is 0.263 e. The van der Waals surface area contributed by atoms with Crippen molar-refractivity contribution in [1.82, 2.24) is 15.3 Å². The maximum Gasteiger partial charge on any atom is 0.263 e. The molecule has 0 aliphatic carbocycles. The molecule has 0 bridgehead atoms. The molecule has 0 atom stereocenters. The number of nitrogen functional groups attached to an aromatic ring is 1. The van der Waals surface area contributed by atoms with Crippen molar-refractivity contribution in [3.05, 3.63) is 38.1 Å². The molecule has 8 heteroatoms. The van der Waals surface area contributed by atoms with E-state index in [1.165, 1.54) is 11.3 Å². The summed E-state index contributed by atoms with van der Waals surface area (Å²) < 4.78 is 1.04. The number of aromatic nitrogens is 2. The second-order valence-corrected chi connectivity index (χ2v) is 7.49. The largest absolute Gasteiger partial charge is 0.396 e. The Morgan fingerprint density at radius 1 is 1.30 bits per heavy atom. The molecule has 1 amide bonds. The van der Waals surface area contributed by atoms with Crippen molar-refractivity contribution < 1.29 is 4.79 Å². The number of halogens is 1. The van der Waals surface area contributed by atoms with Gasteiger partial charge in [-0.25, -0.2) is 9.97 Å². The summed E-state index contributed by atoms with van der Waals surface area (Å²) >= 11 is 6.23. The lowest BCUT2D eigenvalue weighted by Gasteiger charge is -2.02. The first-order valence-corrected chi connectivity index (χ1v) is 8.09. The zero-order valence-electron chi connectivity index (χ0n) is 10.1. The molecule has 3 aromatic rings. The van der Waals surface area contributed by atoms with Gasteiger partial charge in [0.15, 0.2) is 0 Å². The number of nitrogens with one attached hydrogen (secondary N) is 1. The molecule has 3 heterocycles. The lowest BCUT2D eigenvalue weighted by Crippen LogP contribution is -2.22. The van der Waals surface area contributed by atoms with Crippen LogP contribution in [0.25, 0.3) is 10.3 Å². The molecule has 0 spiro atoms. The van der Waals surface area contributed by atoms with Gasteiger partial charge in [0, 0.05) is 17.3 Å². The van der Waals surface area contributed by atoms with E-state index in [2.05, 4.69) is 31.2 Å². The fourth-order valence-electron chi connectivity index (χ4n) is 1.71. The van der Waals surface area contributed by atoms with Gasteiger partial charge in [0.05, 0.1) is 16.0 Å². The molecule has 0 saturated heterocycles. The fraction of sp³-hybridized carbons (Fsp3) is 0.0833. The summed E-state index contributed by atoms with van der Waals surface area (Å²) in [6.45, 7) is 0.476. The van der Waals surface area contributed by atoms with Crippen LogP contribution >= 0.6 is 38.6 Å². The molecule has 0 radical (unpaired) electrons. The standard InChI is InChI=1S/C12H9BrN4OS2/c13-7-2-1-6(19-7)5-17-11(18)10-8(14)9-12(20-10)16-4-3-15-9/h1-4H,5,14H2,(H,17,18). The Bertz CT molecular complexity index is 783. The van der Waals surface area contributed by atoms with E-state index in [0.29, 0.717) is 27.5 Å². The minimum atomic E-state index is -0.197. The zero-order valence-corrected chi connectivity index (χ0v) is 13.3. The molecular weight excluding hydrogens is 360 g/mol.